The molecule has 2 aliphatic carbocycles. The van der Waals surface area contributed by atoms with Gasteiger partial charge in [-0.25, -0.2) is 8.42 Å². The van der Waals surface area contributed by atoms with Crippen molar-refractivity contribution in [3.63, 3.8) is 0 Å². The number of anilines is 1. The molecule has 2 unspecified atom stereocenters. The predicted molar refractivity (Wildman–Crippen MR) is 111 cm³/mol. The summed E-state index contributed by atoms with van der Waals surface area (Å²) < 4.78 is 25.3. The van der Waals surface area contributed by atoms with E-state index in [1.54, 1.807) is 12.1 Å². The fourth-order valence-corrected chi connectivity index (χ4v) is 6.86. The van der Waals surface area contributed by atoms with Crippen LogP contribution in [0, 0.1) is 11.8 Å². The molecule has 3 amide bonds. The Morgan fingerprint density at radius 3 is 2.00 bits per heavy atom. The molecule has 1 N–H and O–H groups in total. The van der Waals surface area contributed by atoms with E-state index in [4.69, 9.17) is 0 Å². The lowest BCUT2D eigenvalue weighted by Gasteiger charge is -2.19. The van der Waals surface area contributed by atoms with Crippen LogP contribution >= 0.6 is 0 Å². The lowest BCUT2D eigenvalue weighted by molar-refractivity contribution is -0.140. The van der Waals surface area contributed by atoms with E-state index in [9.17, 15) is 22.8 Å². The third-order valence-electron chi connectivity index (χ3n) is 6.70. The number of rotatable bonds is 6. The number of hydrogen-bond acceptors (Lipinski definition) is 5. The third kappa shape index (κ3) is 4.02. The average molecular weight is 433 g/mol. The topological polar surface area (TPSA) is 101 Å². The SMILES string of the molecule is O=C(CCN1C(=O)C2CCCCC2C1=O)Nc1ccc(S(=O)(=O)C2CCCC2)cc1. The molecule has 7 nitrogen and oxygen atoms in total. The highest BCUT2D eigenvalue weighted by Crippen LogP contribution is 2.38. The van der Waals surface area contributed by atoms with Gasteiger partial charge in [0.2, 0.25) is 17.7 Å². The molecule has 30 heavy (non-hydrogen) atoms. The number of likely N-dealkylation sites (tertiary alicyclic amines) is 1. The Morgan fingerprint density at radius 2 is 1.43 bits per heavy atom. The number of carbonyl (C=O) groups is 3. The van der Waals surface area contributed by atoms with Gasteiger partial charge in [0.1, 0.15) is 0 Å². The number of nitrogens with zero attached hydrogens (tertiary/aromatic N) is 1. The van der Waals surface area contributed by atoms with Crippen molar-refractivity contribution in [2.75, 3.05) is 11.9 Å². The number of fused-ring (bicyclic) bond motifs is 1. The molecule has 3 fully saturated rings. The van der Waals surface area contributed by atoms with Crippen LogP contribution in [0.25, 0.3) is 0 Å². The first kappa shape index (κ1) is 21.0. The van der Waals surface area contributed by atoms with Gasteiger partial charge in [0.15, 0.2) is 9.84 Å². The van der Waals surface area contributed by atoms with E-state index in [1.807, 2.05) is 0 Å². The monoisotopic (exact) mass is 432 g/mol. The van der Waals surface area contributed by atoms with Crippen LogP contribution in [-0.4, -0.2) is 42.8 Å². The van der Waals surface area contributed by atoms with E-state index < -0.39 is 9.84 Å². The minimum Gasteiger partial charge on any atom is -0.326 e. The number of nitrogens with one attached hydrogen (secondary N) is 1. The highest BCUT2D eigenvalue weighted by molar-refractivity contribution is 7.92. The van der Waals surface area contributed by atoms with E-state index >= 15 is 0 Å². The number of benzene rings is 1. The Kier molecular flexibility index (Phi) is 5.95. The van der Waals surface area contributed by atoms with Crippen LogP contribution in [0.4, 0.5) is 5.69 Å². The molecule has 1 aliphatic heterocycles. The molecule has 0 aromatic heterocycles. The molecule has 0 bridgehead atoms. The van der Waals surface area contributed by atoms with Gasteiger partial charge >= 0.3 is 0 Å². The zero-order valence-electron chi connectivity index (χ0n) is 17.0. The average Bonchev–Trinajstić information content (AvgIpc) is 3.36. The maximum atomic E-state index is 12.6. The summed E-state index contributed by atoms with van der Waals surface area (Å²) in [7, 11) is -3.32. The third-order valence-corrected chi connectivity index (χ3v) is 8.98. The Hall–Kier alpha value is -2.22. The summed E-state index contributed by atoms with van der Waals surface area (Å²) in [5.41, 5.74) is 0.498. The molecule has 4 rings (SSSR count). The lowest BCUT2D eigenvalue weighted by Crippen LogP contribution is -2.34. The van der Waals surface area contributed by atoms with Crippen LogP contribution in [-0.2, 0) is 24.2 Å². The van der Waals surface area contributed by atoms with Crippen LogP contribution in [0.15, 0.2) is 29.2 Å². The summed E-state index contributed by atoms with van der Waals surface area (Å²) in [6.45, 7) is 0.0879. The Balaban J connectivity index is 1.32. The van der Waals surface area contributed by atoms with Gasteiger partial charge in [-0.05, 0) is 49.9 Å². The predicted octanol–water partition coefficient (Wildman–Crippen LogP) is 2.91. The highest BCUT2D eigenvalue weighted by Gasteiger charge is 2.47. The number of imide groups is 1. The van der Waals surface area contributed by atoms with Crippen molar-refractivity contribution in [3.8, 4) is 0 Å². The summed E-state index contributed by atoms with van der Waals surface area (Å²) in [6.07, 6.45) is 6.79. The van der Waals surface area contributed by atoms with Crippen LogP contribution in [0.3, 0.4) is 0 Å². The minimum atomic E-state index is -3.32. The van der Waals surface area contributed by atoms with E-state index in [0.29, 0.717) is 18.5 Å². The molecule has 0 spiro atoms. The lowest BCUT2D eigenvalue weighted by atomic mass is 9.81. The molecule has 8 heteroatoms. The Labute approximate surface area is 177 Å². The van der Waals surface area contributed by atoms with Crippen molar-refractivity contribution >= 4 is 33.2 Å². The van der Waals surface area contributed by atoms with Crippen molar-refractivity contribution in [1.29, 1.82) is 0 Å². The maximum Gasteiger partial charge on any atom is 0.233 e. The normalized spacial score (nSPS) is 24.9. The van der Waals surface area contributed by atoms with Crippen molar-refractivity contribution in [2.24, 2.45) is 11.8 Å². The van der Waals surface area contributed by atoms with Crippen LogP contribution in [0.5, 0.6) is 0 Å². The van der Waals surface area contributed by atoms with Crippen molar-refractivity contribution < 1.29 is 22.8 Å². The molecular weight excluding hydrogens is 404 g/mol. The highest BCUT2D eigenvalue weighted by atomic mass is 32.2. The summed E-state index contributed by atoms with van der Waals surface area (Å²) in [6, 6.07) is 6.23. The second-order valence-electron chi connectivity index (χ2n) is 8.60. The first-order chi connectivity index (χ1) is 14.4. The molecule has 1 aromatic carbocycles. The fraction of sp³-hybridized carbons (Fsp3) is 0.591. The largest absolute Gasteiger partial charge is 0.326 e. The molecule has 2 atom stereocenters. The number of hydrogen-bond donors (Lipinski definition) is 1. The summed E-state index contributed by atoms with van der Waals surface area (Å²) >= 11 is 0. The smallest absolute Gasteiger partial charge is 0.233 e. The van der Waals surface area contributed by atoms with Gasteiger partial charge in [0, 0.05) is 18.7 Å². The number of amides is 3. The first-order valence-electron chi connectivity index (χ1n) is 10.9. The molecule has 1 heterocycles. The summed E-state index contributed by atoms with van der Waals surface area (Å²) in [5, 5.41) is 2.42. The van der Waals surface area contributed by atoms with Crippen LogP contribution in [0.1, 0.15) is 57.8 Å². The minimum absolute atomic E-state index is 0.0268. The van der Waals surface area contributed by atoms with Gasteiger partial charge in [0.05, 0.1) is 22.0 Å². The molecule has 0 radical (unpaired) electrons. The van der Waals surface area contributed by atoms with E-state index in [2.05, 4.69) is 5.32 Å². The van der Waals surface area contributed by atoms with Gasteiger partial charge in [-0.2, -0.15) is 0 Å². The van der Waals surface area contributed by atoms with Crippen molar-refractivity contribution in [1.82, 2.24) is 4.90 Å². The van der Waals surface area contributed by atoms with E-state index in [-0.39, 0.29) is 52.7 Å². The van der Waals surface area contributed by atoms with Crippen LogP contribution < -0.4 is 5.32 Å². The molecular formula is C22H28N2O5S. The van der Waals surface area contributed by atoms with Gasteiger partial charge in [-0.3, -0.25) is 19.3 Å². The van der Waals surface area contributed by atoms with E-state index in [0.717, 1.165) is 38.5 Å². The summed E-state index contributed by atoms with van der Waals surface area (Å²) in [4.78, 5) is 38.8. The molecule has 3 aliphatic rings. The maximum absolute atomic E-state index is 12.6. The van der Waals surface area contributed by atoms with Crippen LogP contribution in [0.2, 0.25) is 0 Å². The first-order valence-corrected chi connectivity index (χ1v) is 12.4. The van der Waals surface area contributed by atoms with Gasteiger partial charge < -0.3 is 5.32 Å². The zero-order chi connectivity index (χ0) is 21.3. The van der Waals surface area contributed by atoms with E-state index in [1.165, 1.54) is 17.0 Å². The standard InChI is InChI=1S/C22H28N2O5S/c25-20(13-14-24-21(26)18-7-3-4-8-19(18)22(24)27)23-15-9-11-17(12-10-15)30(28,29)16-5-1-2-6-16/h9-12,16,18-19H,1-8,13-14H2,(H,23,25). The Bertz CT molecular complexity index is 911. The fourth-order valence-electron chi connectivity index (χ4n) is 5.01. The molecule has 1 saturated heterocycles. The zero-order valence-corrected chi connectivity index (χ0v) is 17.8. The molecule has 2 saturated carbocycles. The molecule has 1 aromatic rings. The second-order valence-corrected chi connectivity index (χ2v) is 10.8. The number of carbonyl (C=O) groups excluding carboxylic acids is 3. The van der Waals surface area contributed by atoms with Crippen molar-refractivity contribution in [2.45, 2.75) is 67.9 Å². The summed E-state index contributed by atoms with van der Waals surface area (Å²) in [5.74, 6) is -0.998. The van der Waals surface area contributed by atoms with Crippen molar-refractivity contribution in [3.05, 3.63) is 24.3 Å². The quantitative estimate of drug-likeness (QED) is 0.697. The number of sulfone groups is 1. The Morgan fingerprint density at radius 1 is 0.900 bits per heavy atom. The second kappa shape index (κ2) is 8.49. The molecule has 162 valence electrons. The van der Waals surface area contributed by atoms with Gasteiger partial charge in [-0.1, -0.05) is 25.7 Å². The van der Waals surface area contributed by atoms with Gasteiger partial charge in [0.25, 0.3) is 0 Å². The van der Waals surface area contributed by atoms with Gasteiger partial charge in [-0.15, -0.1) is 0 Å².